The predicted molar refractivity (Wildman–Crippen MR) is 96.6 cm³/mol. The van der Waals surface area contributed by atoms with E-state index >= 15 is 0 Å². The molecule has 5 nitrogen and oxygen atoms in total. The quantitative estimate of drug-likeness (QED) is 0.560. The average molecular weight is 341 g/mol. The minimum atomic E-state index is -0.401. The van der Waals surface area contributed by atoms with Crippen molar-refractivity contribution in [3.05, 3.63) is 65.7 Å². The smallest absolute Gasteiger partial charge is 0.338 e. The molecule has 2 aromatic carbocycles. The summed E-state index contributed by atoms with van der Waals surface area (Å²) in [5.74, 6) is -0.461. The first kappa shape index (κ1) is 18.7. The molecule has 0 radical (unpaired) electrons. The summed E-state index contributed by atoms with van der Waals surface area (Å²) in [6.45, 7) is 3.09. The third-order valence-electron chi connectivity index (χ3n) is 3.55. The summed E-state index contributed by atoms with van der Waals surface area (Å²) in [5.41, 5.74) is 2.23. The molecule has 0 unspecified atom stereocenters. The van der Waals surface area contributed by atoms with E-state index in [0.29, 0.717) is 37.3 Å². The molecule has 0 spiro atoms. The summed E-state index contributed by atoms with van der Waals surface area (Å²) >= 11 is 0. The molecule has 5 heteroatoms. The van der Waals surface area contributed by atoms with Crippen molar-refractivity contribution in [2.24, 2.45) is 0 Å². The Morgan fingerprint density at radius 3 is 2.36 bits per heavy atom. The van der Waals surface area contributed by atoms with E-state index in [1.54, 1.807) is 24.3 Å². The molecule has 2 rings (SSSR count). The Hall–Kier alpha value is -2.66. The predicted octanol–water partition coefficient (Wildman–Crippen LogP) is 3.45. The van der Waals surface area contributed by atoms with Gasteiger partial charge in [0.15, 0.2) is 0 Å². The first-order valence-electron chi connectivity index (χ1n) is 8.37. The van der Waals surface area contributed by atoms with Crippen LogP contribution in [0.25, 0.3) is 0 Å². The van der Waals surface area contributed by atoms with Crippen LogP contribution in [-0.4, -0.2) is 31.7 Å². The molecule has 0 fully saturated rings. The highest BCUT2D eigenvalue weighted by Crippen LogP contribution is 2.12. The Morgan fingerprint density at radius 1 is 0.960 bits per heavy atom. The van der Waals surface area contributed by atoms with E-state index in [0.717, 1.165) is 5.56 Å². The van der Waals surface area contributed by atoms with Gasteiger partial charge < -0.3 is 14.8 Å². The second-order valence-electron chi connectivity index (χ2n) is 5.44. The van der Waals surface area contributed by atoms with Crippen LogP contribution in [0.2, 0.25) is 0 Å². The van der Waals surface area contributed by atoms with Crippen LogP contribution < -0.4 is 5.32 Å². The lowest BCUT2D eigenvalue weighted by atomic mass is 10.1. The minimum Gasteiger partial charge on any atom is -0.460 e. The number of benzene rings is 2. The van der Waals surface area contributed by atoms with Crippen molar-refractivity contribution in [3.63, 3.8) is 0 Å². The maximum absolute atomic E-state index is 12.0. The maximum atomic E-state index is 12.0. The van der Waals surface area contributed by atoms with Crippen molar-refractivity contribution in [2.45, 2.75) is 19.8 Å². The number of hydrogen-bond acceptors (Lipinski definition) is 4. The van der Waals surface area contributed by atoms with Gasteiger partial charge in [-0.1, -0.05) is 30.3 Å². The number of amides is 1. The zero-order valence-corrected chi connectivity index (χ0v) is 14.4. The molecular weight excluding hydrogens is 318 g/mol. The summed E-state index contributed by atoms with van der Waals surface area (Å²) in [6, 6.07) is 16.5. The standard InChI is InChI=1S/C20H23NO4/c1-2-24-14-15-25-20(23)17-9-11-18(12-10-17)21-19(22)13-8-16-6-4-3-5-7-16/h3-7,9-12H,2,8,13-15H2,1H3,(H,21,22). The Balaban J connectivity index is 1.77. The van der Waals surface area contributed by atoms with Crippen molar-refractivity contribution >= 4 is 17.6 Å². The monoisotopic (exact) mass is 341 g/mol. The number of anilines is 1. The van der Waals surface area contributed by atoms with E-state index in [4.69, 9.17) is 9.47 Å². The molecule has 1 N–H and O–H groups in total. The topological polar surface area (TPSA) is 64.6 Å². The summed E-state index contributed by atoms with van der Waals surface area (Å²) in [5, 5.41) is 2.83. The van der Waals surface area contributed by atoms with Crippen molar-refractivity contribution in [1.29, 1.82) is 0 Å². The van der Waals surface area contributed by atoms with Gasteiger partial charge in [0.05, 0.1) is 12.2 Å². The first-order valence-corrected chi connectivity index (χ1v) is 8.37. The number of esters is 1. The molecule has 0 saturated heterocycles. The SMILES string of the molecule is CCOCCOC(=O)c1ccc(NC(=O)CCc2ccccc2)cc1. The third kappa shape index (κ3) is 6.77. The van der Waals surface area contributed by atoms with Gasteiger partial charge in [-0.15, -0.1) is 0 Å². The molecule has 0 atom stereocenters. The second-order valence-corrected chi connectivity index (χ2v) is 5.44. The van der Waals surface area contributed by atoms with E-state index in [2.05, 4.69) is 5.32 Å². The summed E-state index contributed by atoms with van der Waals surface area (Å²) < 4.78 is 10.2. The number of rotatable bonds is 9. The lowest BCUT2D eigenvalue weighted by Crippen LogP contribution is -2.13. The molecular formula is C20H23NO4. The van der Waals surface area contributed by atoms with Gasteiger partial charge in [-0.05, 0) is 43.2 Å². The molecule has 0 aliphatic carbocycles. The number of hydrogen-bond donors (Lipinski definition) is 1. The van der Waals surface area contributed by atoms with Crippen LogP contribution >= 0.6 is 0 Å². The highest BCUT2D eigenvalue weighted by molar-refractivity contribution is 5.93. The van der Waals surface area contributed by atoms with Gasteiger partial charge in [-0.25, -0.2) is 4.79 Å². The van der Waals surface area contributed by atoms with Crippen LogP contribution in [0.4, 0.5) is 5.69 Å². The van der Waals surface area contributed by atoms with Crippen molar-refractivity contribution in [1.82, 2.24) is 0 Å². The number of carbonyl (C=O) groups excluding carboxylic acids is 2. The molecule has 25 heavy (non-hydrogen) atoms. The molecule has 0 heterocycles. The fourth-order valence-electron chi connectivity index (χ4n) is 2.24. The van der Waals surface area contributed by atoms with Crippen molar-refractivity contribution < 1.29 is 19.1 Å². The van der Waals surface area contributed by atoms with Crippen LogP contribution in [0, 0.1) is 0 Å². The van der Waals surface area contributed by atoms with Gasteiger partial charge in [0.1, 0.15) is 6.61 Å². The number of ether oxygens (including phenoxy) is 2. The van der Waals surface area contributed by atoms with Gasteiger partial charge >= 0.3 is 5.97 Å². The van der Waals surface area contributed by atoms with Crippen LogP contribution in [-0.2, 0) is 20.7 Å². The van der Waals surface area contributed by atoms with Gasteiger partial charge in [0, 0.05) is 18.7 Å². The first-order chi connectivity index (χ1) is 12.2. The summed E-state index contributed by atoms with van der Waals surface area (Å²) in [4.78, 5) is 23.8. The van der Waals surface area contributed by atoms with E-state index in [1.807, 2.05) is 37.3 Å². The third-order valence-corrected chi connectivity index (χ3v) is 3.55. The van der Waals surface area contributed by atoms with Gasteiger partial charge in [0.2, 0.25) is 5.91 Å². The van der Waals surface area contributed by atoms with Crippen molar-refractivity contribution in [2.75, 3.05) is 25.1 Å². The van der Waals surface area contributed by atoms with Crippen LogP contribution in [0.1, 0.15) is 29.3 Å². The molecule has 1 amide bonds. The zero-order valence-electron chi connectivity index (χ0n) is 14.4. The molecule has 0 saturated carbocycles. The fourth-order valence-corrected chi connectivity index (χ4v) is 2.24. The molecule has 0 aliphatic rings. The number of aryl methyl sites for hydroxylation is 1. The van der Waals surface area contributed by atoms with Crippen LogP contribution in [0.5, 0.6) is 0 Å². The summed E-state index contributed by atoms with van der Waals surface area (Å²) in [7, 11) is 0. The molecule has 0 bridgehead atoms. The molecule has 132 valence electrons. The highest BCUT2D eigenvalue weighted by atomic mass is 16.6. The van der Waals surface area contributed by atoms with Crippen molar-refractivity contribution in [3.8, 4) is 0 Å². The lowest BCUT2D eigenvalue weighted by Gasteiger charge is -2.07. The Bertz CT molecular complexity index is 668. The van der Waals surface area contributed by atoms with E-state index in [1.165, 1.54) is 0 Å². The minimum absolute atomic E-state index is 0.0594. The average Bonchev–Trinajstić information content (AvgIpc) is 2.65. The van der Waals surface area contributed by atoms with Gasteiger partial charge in [-0.2, -0.15) is 0 Å². The molecule has 0 aromatic heterocycles. The fraction of sp³-hybridized carbons (Fsp3) is 0.300. The van der Waals surface area contributed by atoms with E-state index < -0.39 is 5.97 Å². The Kier molecular flexibility index (Phi) is 7.66. The summed E-state index contributed by atoms with van der Waals surface area (Å²) in [6.07, 6.45) is 1.10. The molecule has 2 aromatic rings. The van der Waals surface area contributed by atoms with Gasteiger partial charge in [0.25, 0.3) is 0 Å². The number of nitrogens with one attached hydrogen (secondary N) is 1. The number of carbonyl (C=O) groups is 2. The van der Waals surface area contributed by atoms with Crippen LogP contribution in [0.15, 0.2) is 54.6 Å². The van der Waals surface area contributed by atoms with E-state index in [9.17, 15) is 9.59 Å². The van der Waals surface area contributed by atoms with E-state index in [-0.39, 0.29) is 12.5 Å². The largest absolute Gasteiger partial charge is 0.460 e. The molecule has 0 aliphatic heterocycles. The zero-order chi connectivity index (χ0) is 17.9. The lowest BCUT2D eigenvalue weighted by molar-refractivity contribution is -0.116. The Morgan fingerprint density at radius 2 is 1.68 bits per heavy atom. The maximum Gasteiger partial charge on any atom is 0.338 e. The van der Waals surface area contributed by atoms with Gasteiger partial charge in [-0.3, -0.25) is 4.79 Å². The Labute approximate surface area is 148 Å². The normalized spacial score (nSPS) is 10.3. The van der Waals surface area contributed by atoms with Crippen LogP contribution in [0.3, 0.4) is 0 Å². The highest BCUT2D eigenvalue weighted by Gasteiger charge is 2.08. The second kappa shape index (κ2) is 10.3.